The number of nitrogens with zero attached hydrogens (tertiary/aromatic N) is 4. The Morgan fingerprint density at radius 1 is 1.21 bits per heavy atom. The molecule has 0 bridgehead atoms. The summed E-state index contributed by atoms with van der Waals surface area (Å²) in [6.07, 6.45) is 2.85. The summed E-state index contributed by atoms with van der Waals surface area (Å²) in [5.74, 6) is 3.14. The molecule has 7 nitrogen and oxygen atoms in total. The van der Waals surface area contributed by atoms with E-state index in [2.05, 4.69) is 45.4 Å². The second-order valence-corrected chi connectivity index (χ2v) is 6.31. The first-order valence-corrected chi connectivity index (χ1v) is 8.09. The molecule has 1 fully saturated rings. The zero-order valence-electron chi connectivity index (χ0n) is 14.7. The van der Waals surface area contributed by atoms with Gasteiger partial charge < -0.3 is 14.8 Å². The van der Waals surface area contributed by atoms with Gasteiger partial charge >= 0.3 is 6.01 Å². The van der Waals surface area contributed by atoms with Crippen LogP contribution in [0.2, 0.25) is 0 Å². The van der Waals surface area contributed by atoms with Crippen molar-refractivity contribution in [2.45, 2.75) is 26.2 Å². The molecule has 2 aromatic heterocycles. The molecular weight excluding hydrogens is 306 g/mol. The Hall–Kier alpha value is -2.44. The molecular formula is C17H23N5O2. The summed E-state index contributed by atoms with van der Waals surface area (Å²) in [6, 6.07) is 2.33. The van der Waals surface area contributed by atoms with Crippen molar-refractivity contribution >= 4 is 5.82 Å². The fraction of sp³-hybridized carbons (Fsp3) is 0.529. The summed E-state index contributed by atoms with van der Waals surface area (Å²) in [6.45, 7) is 4.53. The first kappa shape index (κ1) is 16.4. The van der Waals surface area contributed by atoms with Crippen molar-refractivity contribution in [2.75, 3.05) is 26.6 Å². The average molecular weight is 329 g/mol. The molecule has 0 aliphatic heterocycles. The van der Waals surface area contributed by atoms with Crippen LogP contribution >= 0.6 is 0 Å². The van der Waals surface area contributed by atoms with Gasteiger partial charge in [-0.15, -0.1) is 10.2 Å². The predicted octanol–water partition coefficient (Wildman–Crippen LogP) is 2.75. The highest BCUT2D eigenvalue weighted by atomic mass is 16.5. The van der Waals surface area contributed by atoms with Crippen molar-refractivity contribution in [1.82, 2.24) is 20.2 Å². The van der Waals surface area contributed by atoms with E-state index in [0.717, 1.165) is 5.82 Å². The lowest BCUT2D eigenvalue weighted by molar-refractivity contribution is 0.353. The molecule has 1 aliphatic rings. The molecule has 128 valence electrons. The molecule has 24 heavy (non-hydrogen) atoms. The van der Waals surface area contributed by atoms with Crippen molar-refractivity contribution in [3.63, 3.8) is 0 Å². The Kier molecular flexibility index (Phi) is 4.51. The van der Waals surface area contributed by atoms with Gasteiger partial charge in [0.25, 0.3) is 0 Å². The molecule has 2 heterocycles. The lowest BCUT2D eigenvalue weighted by Crippen LogP contribution is -2.04. The number of rotatable bonds is 6. The Morgan fingerprint density at radius 3 is 2.58 bits per heavy atom. The third kappa shape index (κ3) is 2.98. The lowest BCUT2D eigenvalue weighted by atomic mass is 10.0. The number of hydrogen-bond acceptors (Lipinski definition) is 7. The van der Waals surface area contributed by atoms with Crippen molar-refractivity contribution in [2.24, 2.45) is 11.8 Å². The molecule has 2 aromatic rings. The molecule has 0 aromatic carbocycles. The smallest absolute Gasteiger partial charge is 0.319 e. The van der Waals surface area contributed by atoms with Gasteiger partial charge in [-0.3, -0.25) is 0 Å². The highest BCUT2D eigenvalue weighted by molar-refractivity contribution is 5.66. The van der Waals surface area contributed by atoms with Gasteiger partial charge in [-0.05, 0) is 30.2 Å². The maximum absolute atomic E-state index is 5.36. The van der Waals surface area contributed by atoms with E-state index in [1.165, 1.54) is 19.1 Å². The molecule has 0 unspecified atom stereocenters. The van der Waals surface area contributed by atoms with Crippen LogP contribution in [0, 0.1) is 11.8 Å². The van der Waals surface area contributed by atoms with E-state index in [1.54, 1.807) is 13.3 Å². The van der Waals surface area contributed by atoms with E-state index >= 15 is 0 Å². The highest BCUT2D eigenvalue weighted by Gasteiger charge is 2.42. The topological polar surface area (TPSA) is 82.1 Å². The second kappa shape index (κ2) is 6.59. The minimum Gasteiger partial charge on any atom is -0.480 e. The molecule has 2 atom stereocenters. The normalized spacial score (nSPS) is 19.2. The zero-order chi connectivity index (χ0) is 17.3. The van der Waals surface area contributed by atoms with Crippen LogP contribution in [0.1, 0.15) is 31.7 Å². The van der Waals surface area contributed by atoms with Gasteiger partial charge in [0.1, 0.15) is 5.69 Å². The fourth-order valence-electron chi connectivity index (χ4n) is 3.10. The van der Waals surface area contributed by atoms with Crippen molar-refractivity contribution in [3.8, 4) is 23.1 Å². The highest BCUT2D eigenvalue weighted by Crippen LogP contribution is 2.53. The van der Waals surface area contributed by atoms with E-state index in [-0.39, 0.29) is 6.01 Å². The van der Waals surface area contributed by atoms with Crippen LogP contribution in [0.25, 0.3) is 11.3 Å². The third-order valence-corrected chi connectivity index (χ3v) is 4.54. The zero-order valence-corrected chi connectivity index (χ0v) is 14.7. The Morgan fingerprint density at radius 2 is 2.00 bits per heavy atom. The molecule has 0 amide bonds. The van der Waals surface area contributed by atoms with Crippen LogP contribution in [0.4, 0.5) is 5.82 Å². The molecule has 0 spiro atoms. The van der Waals surface area contributed by atoms with E-state index in [4.69, 9.17) is 9.47 Å². The van der Waals surface area contributed by atoms with Gasteiger partial charge in [0, 0.05) is 18.8 Å². The molecule has 1 aliphatic carbocycles. The SMILES string of the molecule is CNc1nnc(-c2cnc(OC)nc2OC)cc1[C@H]1C[C@@H]1C(C)C. The van der Waals surface area contributed by atoms with Crippen LogP contribution in [0.15, 0.2) is 12.3 Å². The van der Waals surface area contributed by atoms with Crippen LogP contribution in [0.5, 0.6) is 11.9 Å². The average Bonchev–Trinajstić information content (AvgIpc) is 3.41. The second-order valence-electron chi connectivity index (χ2n) is 6.31. The monoisotopic (exact) mass is 329 g/mol. The fourth-order valence-corrected chi connectivity index (χ4v) is 3.10. The quantitative estimate of drug-likeness (QED) is 0.872. The number of aromatic nitrogens is 4. The number of hydrogen-bond donors (Lipinski definition) is 1. The van der Waals surface area contributed by atoms with E-state index < -0.39 is 0 Å². The number of ether oxygens (including phenoxy) is 2. The van der Waals surface area contributed by atoms with Gasteiger partial charge in [0.05, 0.1) is 19.8 Å². The van der Waals surface area contributed by atoms with Gasteiger partial charge in [0.2, 0.25) is 5.88 Å². The van der Waals surface area contributed by atoms with Gasteiger partial charge in [-0.2, -0.15) is 4.98 Å². The van der Waals surface area contributed by atoms with Gasteiger partial charge in [0.15, 0.2) is 5.82 Å². The Labute approximate surface area is 141 Å². The van der Waals surface area contributed by atoms with Crippen LogP contribution < -0.4 is 14.8 Å². The Balaban J connectivity index is 2.01. The van der Waals surface area contributed by atoms with Crippen molar-refractivity contribution in [3.05, 3.63) is 17.8 Å². The summed E-state index contributed by atoms with van der Waals surface area (Å²) in [4.78, 5) is 8.38. The van der Waals surface area contributed by atoms with Crippen LogP contribution in [-0.4, -0.2) is 41.4 Å². The molecule has 1 N–H and O–H groups in total. The van der Waals surface area contributed by atoms with E-state index in [9.17, 15) is 0 Å². The molecule has 7 heteroatoms. The summed E-state index contributed by atoms with van der Waals surface area (Å²) in [5, 5.41) is 11.8. The maximum atomic E-state index is 5.36. The van der Waals surface area contributed by atoms with Crippen molar-refractivity contribution in [1.29, 1.82) is 0 Å². The summed E-state index contributed by atoms with van der Waals surface area (Å²) in [5.41, 5.74) is 2.61. The minimum atomic E-state index is 0.262. The third-order valence-electron chi connectivity index (χ3n) is 4.54. The number of methoxy groups -OCH3 is 2. The Bertz CT molecular complexity index is 735. The van der Waals surface area contributed by atoms with Gasteiger partial charge in [-0.25, -0.2) is 4.98 Å². The maximum Gasteiger partial charge on any atom is 0.319 e. The predicted molar refractivity (Wildman–Crippen MR) is 91.4 cm³/mol. The first-order valence-electron chi connectivity index (χ1n) is 8.09. The molecule has 1 saturated carbocycles. The van der Waals surface area contributed by atoms with Crippen molar-refractivity contribution < 1.29 is 9.47 Å². The van der Waals surface area contributed by atoms with Gasteiger partial charge in [-0.1, -0.05) is 13.8 Å². The number of nitrogens with one attached hydrogen (secondary N) is 1. The largest absolute Gasteiger partial charge is 0.480 e. The van der Waals surface area contributed by atoms with Crippen LogP contribution in [0.3, 0.4) is 0 Å². The first-order chi connectivity index (χ1) is 11.6. The molecule has 3 rings (SSSR count). The molecule has 0 saturated heterocycles. The lowest BCUT2D eigenvalue weighted by Gasteiger charge is -2.12. The van der Waals surface area contributed by atoms with E-state index in [0.29, 0.717) is 34.9 Å². The summed E-state index contributed by atoms with van der Waals surface area (Å²) in [7, 11) is 4.96. The van der Waals surface area contributed by atoms with Crippen LogP contribution in [-0.2, 0) is 0 Å². The van der Waals surface area contributed by atoms with E-state index in [1.807, 2.05) is 7.05 Å². The summed E-state index contributed by atoms with van der Waals surface area (Å²) >= 11 is 0. The minimum absolute atomic E-state index is 0.262. The standard InChI is InChI=1S/C17H23N5O2/c1-9(2)10-6-11(10)12-7-14(21-22-15(12)18-3)13-8-19-17(24-5)20-16(13)23-4/h7-11H,6H2,1-5H3,(H,18,22)/t10-,11+/m1/s1. The number of anilines is 1. The molecule has 0 radical (unpaired) electrons. The summed E-state index contributed by atoms with van der Waals surface area (Å²) < 4.78 is 10.4.